The molecular formula is C14H20N2O3. The van der Waals surface area contributed by atoms with Crippen molar-refractivity contribution in [3.8, 4) is 5.75 Å². The lowest BCUT2D eigenvalue weighted by Gasteiger charge is -2.19. The average Bonchev–Trinajstić information content (AvgIpc) is 2.34. The normalized spacial score (nSPS) is 11.9. The second-order valence-electron chi connectivity index (χ2n) is 4.59. The second kappa shape index (κ2) is 7.41. The summed E-state index contributed by atoms with van der Waals surface area (Å²) in [5, 5.41) is 2.77. The molecule has 1 unspecified atom stereocenters. The van der Waals surface area contributed by atoms with Crippen molar-refractivity contribution in [2.24, 2.45) is 5.73 Å². The van der Waals surface area contributed by atoms with E-state index in [4.69, 9.17) is 10.5 Å². The van der Waals surface area contributed by atoms with E-state index < -0.39 is 12.0 Å². The molecule has 0 aliphatic rings. The maximum absolute atomic E-state index is 12.0. The Labute approximate surface area is 113 Å². The SMILES string of the molecule is CC(C)NC(=O)C(CCC(N)=O)Oc1ccccc1. The van der Waals surface area contributed by atoms with Crippen molar-refractivity contribution >= 4 is 11.8 Å². The third kappa shape index (κ3) is 5.90. The van der Waals surface area contributed by atoms with Crippen LogP contribution in [0.5, 0.6) is 5.75 Å². The fourth-order valence-electron chi connectivity index (χ4n) is 1.56. The van der Waals surface area contributed by atoms with Crippen molar-refractivity contribution in [1.82, 2.24) is 5.32 Å². The minimum atomic E-state index is -0.711. The van der Waals surface area contributed by atoms with Gasteiger partial charge >= 0.3 is 0 Å². The standard InChI is InChI=1S/C14H20N2O3/c1-10(2)16-14(18)12(8-9-13(15)17)19-11-6-4-3-5-7-11/h3-7,10,12H,8-9H2,1-2H3,(H2,15,17)(H,16,18). The van der Waals surface area contributed by atoms with Crippen LogP contribution in [-0.4, -0.2) is 24.0 Å². The summed E-state index contributed by atoms with van der Waals surface area (Å²) in [6.07, 6.45) is -0.330. The Morgan fingerprint density at radius 1 is 1.26 bits per heavy atom. The molecule has 5 heteroatoms. The Morgan fingerprint density at radius 3 is 2.42 bits per heavy atom. The molecule has 0 spiro atoms. The molecule has 5 nitrogen and oxygen atoms in total. The number of primary amides is 1. The molecule has 0 aliphatic carbocycles. The van der Waals surface area contributed by atoms with Gasteiger partial charge in [0, 0.05) is 18.9 Å². The molecule has 0 aliphatic heterocycles. The summed E-state index contributed by atoms with van der Waals surface area (Å²) >= 11 is 0. The molecule has 1 aromatic rings. The summed E-state index contributed by atoms with van der Waals surface area (Å²) in [5.41, 5.74) is 5.11. The van der Waals surface area contributed by atoms with Gasteiger partial charge in [-0.3, -0.25) is 9.59 Å². The van der Waals surface area contributed by atoms with Gasteiger partial charge in [0.05, 0.1) is 0 Å². The Hall–Kier alpha value is -2.04. The molecule has 1 atom stereocenters. The van der Waals surface area contributed by atoms with Crippen LogP contribution in [0.4, 0.5) is 0 Å². The van der Waals surface area contributed by atoms with Crippen LogP contribution >= 0.6 is 0 Å². The fraction of sp³-hybridized carbons (Fsp3) is 0.429. The van der Waals surface area contributed by atoms with Gasteiger partial charge in [-0.1, -0.05) is 18.2 Å². The van der Waals surface area contributed by atoms with Gasteiger partial charge in [0.25, 0.3) is 5.91 Å². The fourth-order valence-corrected chi connectivity index (χ4v) is 1.56. The predicted molar refractivity (Wildman–Crippen MR) is 72.6 cm³/mol. The van der Waals surface area contributed by atoms with Crippen molar-refractivity contribution in [1.29, 1.82) is 0 Å². The number of nitrogens with two attached hydrogens (primary N) is 1. The van der Waals surface area contributed by atoms with E-state index in [1.54, 1.807) is 12.1 Å². The molecule has 1 rings (SSSR count). The minimum Gasteiger partial charge on any atom is -0.481 e. The molecule has 104 valence electrons. The third-order valence-electron chi connectivity index (χ3n) is 2.40. The van der Waals surface area contributed by atoms with Crippen LogP contribution in [0.25, 0.3) is 0 Å². The average molecular weight is 264 g/mol. The van der Waals surface area contributed by atoms with Crippen LogP contribution < -0.4 is 15.8 Å². The smallest absolute Gasteiger partial charge is 0.261 e. The molecule has 0 saturated heterocycles. The van der Waals surface area contributed by atoms with Gasteiger partial charge in [0.2, 0.25) is 5.91 Å². The zero-order chi connectivity index (χ0) is 14.3. The summed E-state index contributed by atoms with van der Waals surface area (Å²) in [7, 11) is 0. The van der Waals surface area contributed by atoms with Gasteiger partial charge in [-0.25, -0.2) is 0 Å². The van der Waals surface area contributed by atoms with E-state index in [-0.39, 0.29) is 24.8 Å². The van der Waals surface area contributed by atoms with Crippen LogP contribution in [0.3, 0.4) is 0 Å². The highest BCUT2D eigenvalue weighted by molar-refractivity contribution is 5.82. The highest BCUT2D eigenvalue weighted by Crippen LogP contribution is 2.13. The molecule has 19 heavy (non-hydrogen) atoms. The van der Waals surface area contributed by atoms with E-state index in [0.29, 0.717) is 5.75 Å². The first-order valence-electron chi connectivity index (χ1n) is 6.29. The summed E-state index contributed by atoms with van der Waals surface area (Å²) in [4.78, 5) is 22.8. The van der Waals surface area contributed by atoms with Crippen molar-refractivity contribution in [3.63, 3.8) is 0 Å². The number of amides is 2. The summed E-state index contributed by atoms with van der Waals surface area (Å²) in [6.45, 7) is 3.73. The first-order valence-corrected chi connectivity index (χ1v) is 6.29. The van der Waals surface area contributed by atoms with Crippen LogP contribution in [0.2, 0.25) is 0 Å². The monoisotopic (exact) mass is 264 g/mol. The van der Waals surface area contributed by atoms with Crippen molar-refractivity contribution < 1.29 is 14.3 Å². The lowest BCUT2D eigenvalue weighted by atomic mass is 10.1. The van der Waals surface area contributed by atoms with Gasteiger partial charge < -0.3 is 15.8 Å². The number of carbonyl (C=O) groups is 2. The molecular weight excluding hydrogens is 244 g/mol. The lowest BCUT2D eigenvalue weighted by molar-refractivity contribution is -0.129. The summed E-state index contributed by atoms with van der Waals surface area (Å²) in [6, 6.07) is 9.05. The lowest BCUT2D eigenvalue weighted by Crippen LogP contribution is -2.42. The quantitative estimate of drug-likeness (QED) is 0.777. The number of ether oxygens (including phenoxy) is 1. The number of rotatable bonds is 7. The van der Waals surface area contributed by atoms with Crippen LogP contribution in [0, 0.1) is 0 Å². The number of hydrogen-bond acceptors (Lipinski definition) is 3. The molecule has 0 heterocycles. The van der Waals surface area contributed by atoms with Crippen molar-refractivity contribution in [3.05, 3.63) is 30.3 Å². The van der Waals surface area contributed by atoms with Gasteiger partial charge in [0.1, 0.15) is 5.75 Å². The third-order valence-corrected chi connectivity index (χ3v) is 2.40. The highest BCUT2D eigenvalue weighted by atomic mass is 16.5. The Kier molecular flexibility index (Phi) is 5.85. The van der Waals surface area contributed by atoms with Gasteiger partial charge in [-0.2, -0.15) is 0 Å². The Bertz CT molecular complexity index is 418. The van der Waals surface area contributed by atoms with E-state index in [2.05, 4.69) is 5.32 Å². The molecule has 0 bridgehead atoms. The van der Waals surface area contributed by atoms with Gasteiger partial charge in [-0.05, 0) is 26.0 Å². The molecule has 0 saturated carbocycles. The zero-order valence-corrected chi connectivity index (χ0v) is 11.3. The zero-order valence-electron chi connectivity index (χ0n) is 11.3. The number of nitrogens with one attached hydrogen (secondary N) is 1. The van der Waals surface area contributed by atoms with Crippen LogP contribution in [0.15, 0.2) is 30.3 Å². The predicted octanol–water partition coefficient (Wildman–Crippen LogP) is 1.22. The van der Waals surface area contributed by atoms with Crippen molar-refractivity contribution in [2.45, 2.75) is 38.8 Å². The van der Waals surface area contributed by atoms with E-state index >= 15 is 0 Å². The maximum atomic E-state index is 12.0. The van der Waals surface area contributed by atoms with Crippen LogP contribution in [0.1, 0.15) is 26.7 Å². The van der Waals surface area contributed by atoms with E-state index in [1.807, 2.05) is 32.0 Å². The van der Waals surface area contributed by atoms with Gasteiger partial charge in [0.15, 0.2) is 6.10 Å². The molecule has 3 N–H and O–H groups in total. The number of hydrogen-bond donors (Lipinski definition) is 2. The van der Waals surface area contributed by atoms with E-state index in [1.165, 1.54) is 0 Å². The maximum Gasteiger partial charge on any atom is 0.261 e. The molecule has 0 aromatic heterocycles. The summed E-state index contributed by atoms with van der Waals surface area (Å²) < 4.78 is 5.61. The first-order chi connectivity index (χ1) is 8.99. The minimum absolute atomic E-state index is 0.0166. The largest absolute Gasteiger partial charge is 0.481 e. The topological polar surface area (TPSA) is 81.4 Å². The molecule has 2 amide bonds. The highest BCUT2D eigenvalue weighted by Gasteiger charge is 2.21. The first kappa shape index (κ1) is 15.0. The number of benzene rings is 1. The second-order valence-corrected chi connectivity index (χ2v) is 4.59. The Morgan fingerprint density at radius 2 is 1.89 bits per heavy atom. The van der Waals surface area contributed by atoms with Gasteiger partial charge in [-0.15, -0.1) is 0 Å². The van der Waals surface area contributed by atoms with E-state index in [9.17, 15) is 9.59 Å². The summed E-state index contributed by atoms with van der Waals surface area (Å²) in [5.74, 6) is -0.0880. The number of carbonyl (C=O) groups excluding carboxylic acids is 2. The molecule has 0 fully saturated rings. The molecule has 1 aromatic carbocycles. The van der Waals surface area contributed by atoms with Crippen LogP contribution in [-0.2, 0) is 9.59 Å². The van der Waals surface area contributed by atoms with Crippen molar-refractivity contribution in [2.75, 3.05) is 0 Å². The van der Waals surface area contributed by atoms with E-state index in [0.717, 1.165) is 0 Å². The molecule has 0 radical (unpaired) electrons. The number of para-hydroxylation sites is 1. The Balaban J connectivity index is 2.68.